The third-order valence-electron chi connectivity index (χ3n) is 6.51. The van der Waals surface area contributed by atoms with Gasteiger partial charge in [0.1, 0.15) is 11.5 Å². The number of nitrogens with zero attached hydrogens (tertiary/aromatic N) is 1. The van der Waals surface area contributed by atoms with Crippen molar-refractivity contribution in [3.63, 3.8) is 0 Å². The van der Waals surface area contributed by atoms with E-state index in [1.165, 1.54) is 13.2 Å². The van der Waals surface area contributed by atoms with Gasteiger partial charge in [-0.15, -0.1) is 0 Å². The lowest BCUT2D eigenvalue weighted by atomic mass is 9.94. The van der Waals surface area contributed by atoms with E-state index < -0.39 is 16.0 Å². The van der Waals surface area contributed by atoms with Crippen LogP contribution in [0, 0.1) is 6.92 Å². The summed E-state index contributed by atoms with van der Waals surface area (Å²) in [7, 11) is -2.41. The van der Waals surface area contributed by atoms with Gasteiger partial charge in [-0.1, -0.05) is 37.0 Å². The van der Waals surface area contributed by atoms with Crippen LogP contribution >= 0.6 is 0 Å². The van der Waals surface area contributed by atoms with Gasteiger partial charge < -0.3 is 14.1 Å². The molecule has 0 bridgehead atoms. The Kier molecular flexibility index (Phi) is 7.28. The van der Waals surface area contributed by atoms with Crippen molar-refractivity contribution >= 4 is 28.0 Å². The topological polar surface area (TPSA) is 106 Å². The number of aryl methyl sites for hydroxylation is 1. The maximum absolute atomic E-state index is 13.4. The molecule has 1 saturated carbocycles. The molecule has 1 N–H and O–H groups in total. The third kappa shape index (κ3) is 5.26. The molecule has 186 valence electrons. The Morgan fingerprint density at radius 3 is 2.46 bits per heavy atom. The Morgan fingerprint density at radius 2 is 1.80 bits per heavy atom. The highest BCUT2D eigenvalue weighted by Gasteiger charge is 2.40. The number of hydrogen-bond acceptors (Lipinski definition) is 6. The van der Waals surface area contributed by atoms with E-state index in [4.69, 9.17) is 9.15 Å². The highest BCUT2D eigenvalue weighted by molar-refractivity contribution is 7.89. The lowest BCUT2D eigenvalue weighted by molar-refractivity contribution is -0.136. The van der Waals surface area contributed by atoms with Crippen molar-refractivity contribution in [3.8, 4) is 0 Å². The van der Waals surface area contributed by atoms with Crippen LogP contribution < -0.4 is 4.72 Å². The standard InChI is InChI=1S/C26H30N2O6S/c1-17-9-13-22(14-10-17)35(31,32)27-16-21-12-11-20(34-21)15-23-24(26(30)33-3)18(2)28(25(23)29)19-7-5-4-6-8-19/h9-15,19,27H,4-8,16H2,1-3H3/b23-15+. The smallest absolute Gasteiger partial charge is 0.340 e. The first kappa shape index (κ1) is 24.9. The molecule has 0 radical (unpaired) electrons. The molecule has 0 spiro atoms. The van der Waals surface area contributed by atoms with Gasteiger partial charge in [-0.05, 0) is 57.0 Å². The molecule has 35 heavy (non-hydrogen) atoms. The Bertz CT molecular complexity index is 1280. The van der Waals surface area contributed by atoms with Gasteiger partial charge in [0.2, 0.25) is 10.0 Å². The van der Waals surface area contributed by atoms with E-state index >= 15 is 0 Å². The molecule has 0 unspecified atom stereocenters. The van der Waals surface area contributed by atoms with Crippen LogP contribution in [-0.4, -0.2) is 38.3 Å². The number of allylic oxidation sites excluding steroid dienone is 1. The Morgan fingerprint density at radius 1 is 1.11 bits per heavy atom. The summed E-state index contributed by atoms with van der Waals surface area (Å²) < 4.78 is 38.3. The summed E-state index contributed by atoms with van der Waals surface area (Å²) in [6, 6.07) is 9.89. The summed E-state index contributed by atoms with van der Waals surface area (Å²) in [6.07, 6.45) is 6.58. The number of carbonyl (C=O) groups excluding carboxylic acids is 2. The number of esters is 1. The number of sulfonamides is 1. The zero-order valence-corrected chi connectivity index (χ0v) is 21.0. The van der Waals surface area contributed by atoms with Gasteiger partial charge >= 0.3 is 5.97 Å². The van der Waals surface area contributed by atoms with E-state index in [0.29, 0.717) is 17.2 Å². The van der Waals surface area contributed by atoms with E-state index in [1.807, 2.05) is 6.92 Å². The van der Waals surface area contributed by atoms with E-state index in [2.05, 4.69) is 4.72 Å². The molecule has 1 aliphatic carbocycles. The molecule has 1 fully saturated rings. The van der Waals surface area contributed by atoms with Crippen molar-refractivity contribution in [2.75, 3.05) is 7.11 Å². The zero-order valence-electron chi connectivity index (χ0n) is 20.2. The highest BCUT2D eigenvalue weighted by atomic mass is 32.2. The number of amides is 1. The summed E-state index contributed by atoms with van der Waals surface area (Å²) in [5, 5.41) is 0. The number of ether oxygens (including phenoxy) is 1. The molecule has 1 amide bonds. The minimum atomic E-state index is -3.70. The van der Waals surface area contributed by atoms with Crippen molar-refractivity contribution in [2.24, 2.45) is 0 Å². The van der Waals surface area contributed by atoms with Crippen molar-refractivity contribution < 1.29 is 27.2 Å². The molecular formula is C26H30N2O6S. The molecule has 8 nitrogen and oxygen atoms in total. The largest absolute Gasteiger partial charge is 0.465 e. The number of carbonyl (C=O) groups is 2. The van der Waals surface area contributed by atoms with Gasteiger partial charge in [0.15, 0.2) is 0 Å². The predicted octanol–water partition coefficient (Wildman–Crippen LogP) is 4.07. The van der Waals surface area contributed by atoms with Gasteiger partial charge in [-0.3, -0.25) is 4.79 Å². The van der Waals surface area contributed by atoms with Crippen LogP contribution in [0.5, 0.6) is 0 Å². The molecule has 2 aromatic rings. The van der Waals surface area contributed by atoms with Gasteiger partial charge in [0.05, 0.1) is 29.7 Å². The lowest BCUT2D eigenvalue weighted by Crippen LogP contribution is -2.37. The van der Waals surface area contributed by atoms with Crippen molar-refractivity contribution in [1.29, 1.82) is 0 Å². The second-order valence-electron chi connectivity index (χ2n) is 8.92. The zero-order chi connectivity index (χ0) is 25.2. The minimum absolute atomic E-state index is 0.0553. The van der Waals surface area contributed by atoms with Crippen LogP contribution in [0.2, 0.25) is 0 Å². The third-order valence-corrected chi connectivity index (χ3v) is 7.92. The van der Waals surface area contributed by atoms with Crippen LogP contribution in [0.1, 0.15) is 56.1 Å². The van der Waals surface area contributed by atoms with Gasteiger partial charge in [-0.25, -0.2) is 17.9 Å². The molecule has 1 aromatic heterocycles. The number of hydrogen-bond donors (Lipinski definition) is 1. The monoisotopic (exact) mass is 498 g/mol. The molecule has 1 aliphatic heterocycles. The van der Waals surface area contributed by atoms with Gasteiger partial charge in [-0.2, -0.15) is 0 Å². The second-order valence-corrected chi connectivity index (χ2v) is 10.7. The lowest BCUT2D eigenvalue weighted by Gasteiger charge is -2.32. The average molecular weight is 499 g/mol. The van der Waals surface area contributed by atoms with Crippen LogP contribution in [0.15, 0.2) is 62.6 Å². The molecule has 4 rings (SSSR count). The van der Waals surface area contributed by atoms with Gasteiger partial charge in [0.25, 0.3) is 5.91 Å². The van der Waals surface area contributed by atoms with Crippen molar-refractivity contribution in [2.45, 2.75) is 63.4 Å². The first-order valence-corrected chi connectivity index (χ1v) is 13.2. The molecule has 9 heteroatoms. The normalized spacial score (nSPS) is 18.5. The number of benzene rings is 1. The maximum atomic E-state index is 13.4. The molecular weight excluding hydrogens is 468 g/mol. The molecule has 0 atom stereocenters. The molecule has 0 saturated heterocycles. The summed E-state index contributed by atoms with van der Waals surface area (Å²) in [5.74, 6) is -0.0918. The fourth-order valence-electron chi connectivity index (χ4n) is 4.65. The highest BCUT2D eigenvalue weighted by Crippen LogP contribution is 2.37. The molecule has 1 aromatic carbocycles. The predicted molar refractivity (Wildman–Crippen MR) is 130 cm³/mol. The van der Waals surface area contributed by atoms with Crippen molar-refractivity contribution in [3.05, 3.63) is 70.3 Å². The summed E-state index contributed by atoms with van der Waals surface area (Å²) in [6.45, 7) is 3.60. The van der Waals surface area contributed by atoms with Crippen molar-refractivity contribution in [1.82, 2.24) is 9.62 Å². The minimum Gasteiger partial charge on any atom is -0.465 e. The first-order chi connectivity index (χ1) is 16.7. The summed E-state index contributed by atoms with van der Waals surface area (Å²) in [5.41, 5.74) is 2.02. The van der Waals surface area contributed by atoms with Crippen LogP contribution in [0.25, 0.3) is 6.08 Å². The van der Waals surface area contributed by atoms with E-state index in [1.54, 1.807) is 48.2 Å². The Hall–Kier alpha value is -3.17. The maximum Gasteiger partial charge on any atom is 0.340 e. The van der Waals surface area contributed by atoms with Crippen LogP contribution in [-0.2, 0) is 30.9 Å². The SMILES string of the molecule is COC(=O)C1=C(C)N(C2CCCCC2)C(=O)/C1=C/c1ccc(CNS(=O)(=O)c2ccc(C)cc2)o1. The molecule has 2 heterocycles. The Balaban J connectivity index is 1.55. The molecule has 2 aliphatic rings. The number of nitrogens with one attached hydrogen (secondary N) is 1. The van der Waals surface area contributed by atoms with Gasteiger partial charge in [0, 0.05) is 11.7 Å². The number of furan rings is 1. The number of rotatable bonds is 7. The summed E-state index contributed by atoms with van der Waals surface area (Å²) >= 11 is 0. The van der Waals surface area contributed by atoms with E-state index in [0.717, 1.165) is 37.7 Å². The fraction of sp³-hybridized carbons (Fsp3) is 0.385. The quantitative estimate of drug-likeness (QED) is 0.456. The number of methoxy groups -OCH3 is 1. The van der Waals surface area contributed by atoms with Crippen LogP contribution in [0.3, 0.4) is 0 Å². The first-order valence-electron chi connectivity index (χ1n) is 11.7. The summed E-state index contributed by atoms with van der Waals surface area (Å²) in [4.78, 5) is 27.8. The average Bonchev–Trinajstić information content (AvgIpc) is 3.40. The van der Waals surface area contributed by atoms with E-state index in [-0.39, 0.29) is 34.5 Å². The Labute approximate surface area is 205 Å². The van der Waals surface area contributed by atoms with Crippen LogP contribution in [0.4, 0.5) is 0 Å². The fourth-order valence-corrected chi connectivity index (χ4v) is 5.65. The second kappa shape index (κ2) is 10.2. The van der Waals surface area contributed by atoms with E-state index in [9.17, 15) is 18.0 Å².